The van der Waals surface area contributed by atoms with Crippen LogP contribution in [0, 0.1) is 0 Å². The van der Waals surface area contributed by atoms with Gasteiger partial charge in [-0.2, -0.15) is 0 Å². The summed E-state index contributed by atoms with van der Waals surface area (Å²) in [6.07, 6.45) is 0.374. The van der Waals surface area contributed by atoms with Gasteiger partial charge in [0.25, 0.3) is 0 Å². The van der Waals surface area contributed by atoms with Crippen LogP contribution in [-0.4, -0.2) is 34.8 Å². The maximum atomic E-state index is 12.5. The minimum atomic E-state index is -0.671. The number of nitrogens with zero attached hydrogens (tertiary/aromatic N) is 2. The molecule has 0 radical (unpaired) electrons. The molecular formula is C16H14Cl2N2O3S. The van der Waals surface area contributed by atoms with Crippen molar-refractivity contribution >= 4 is 52.0 Å². The maximum absolute atomic E-state index is 12.5. The van der Waals surface area contributed by atoms with Crippen LogP contribution >= 0.6 is 35.0 Å². The molecule has 1 aromatic carbocycles. The molecule has 3 rings (SSSR count). The number of ether oxygens (including phenoxy) is 1. The summed E-state index contributed by atoms with van der Waals surface area (Å²) in [5.41, 5.74) is 1.44. The molecule has 1 saturated heterocycles. The van der Waals surface area contributed by atoms with Gasteiger partial charge in [0.2, 0.25) is 5.91 Å². The molecule has 0 N–H and O–H groups in total. The molecule has 5 nitrogen and oxygen atoms in total. The van der Waals surface area contributed by atoms with Gasteiger partial charge in [0.05, 0.1) is 24.4 Å². The Balaban J connectivity index is 2.22. The number of benzene rings is 1. The Morgan fingerprint density at radius 1 is 1.42 bits per heavy atom. The van der Waals surface area contributed by atoms with Gasteiger partial charge in [0.15, 0.2) is 5.17 Å². The van der Waals surface area contributed by atoms with Crippen LogP contribution in [0.15, 0.2) is 34.5 Å². The Hall–Kier alpha value is -1.50. The number of hydrogen-bond donors (Lipinski definition) is 0. The second kappa shape index (κ2) is 6.78. The van der Waals surface area contributed by atoms with Crippen molar-refractivity contribution in [1.29, 1.82) is 0 Å². The Morgan fingerprint density at radius 3 is 2.83 bits per heavy atom. The van der Waals surface area contributed by atoms with E-state index in [0.29, 0.717) is 44.2 Å². The van der Waals surface area contributed by atoms with Gasteiger partial charge < -0.3 is 4.74 Å². The zero-order chi connectivity index (χ0) is 17.4. The molecule has 126 valence electrons. The molecule has 1 amide bonds. The van der Waals surface area contributed by atoms with Gasteiger partial charge in [-0.05, 0) is 24.6 Å². The SMILES string of the molecule is COC(=O)C1=C(C)N=C2SCCC(=O)N2[C@@H]1c1ccc(Cl)cc1Cl. The van der Waals surface area contributed by atoms with E-state index in [2.05, 4.69) is 4.99 Å². The number of carbonyl (C=O) groups excluding carboxylic acids is 2. The fourth-order valence-corrected chi connectivity index (χ4v) is 4.30. The second-order valence-electron chi connectivity index (χ2n) is 5.32. The first-order valence-electron chi connectivity index (χ1n) is 7.21. The lowest BCUT2D eigenvalue weighted by Crippen LogP contribution is -2.45. The van der Waals surface area contributed by atoms with Gasteiger partial charge in [-0.25, -0.2) is 9.79 Å². The molecule has 1 aromatic rings. The molecule has 24 heavy (non-hydrogen) atoms. The lowest BCUT2D eigenvalue weighted by molar-refractivity contribution is -0.137. The number of amidine groups is 1. The molecule has 0 bridgehead atoms. The number of aliphatic imine (C=N–C) groups is 1. The molecular weight excluding hydrogens is 371 g/mol. The highest BCUT2D eigenvalue weighted by Crippen LogP contribution is 2.42. The first-order chi connectivity index (χ1) is 11.4. The number of methoxy groups -OCH3 is 1. The molecule has 2 heterocycles. The molecule has 0 unspecified atom stereocenters. The number of carbonyl (C=O) groups is 2. The standard InChI is InChI=1S/C16H14Cl2N2O3S/c1-8-13(15(22)23-2)14(10-4-3-9(17)7-11(10)18)20-12(21)5-6-24-16(20)19-8/h3-4,7,14H,5-6H2,1-2H3/t14-/m1/s1. The van der Waals surface area contributed by atoms with Crippen LogP contribution in [0.2, 0.25) is 10.0 Å². The third kappa shape index (κ3) is 2.94. The van der Waals surface area contributed by atoms with Crippen molar-refractivity contribution < 1.29 is 14.3 Å². The largest absolute Gasteiger partial charge is 0.466 e. The number of thioether (sulfide) groups is 1. The van der Waals surface area contributed by atoms with E-state index < -0.39 is 12.0 Å². The third-order valence-corrected chi connectivity index (χ3v) is 5.39. The van der Waals surface area contributed by atoms with E-state index in [1.54, 1.807) is 25.1 Å². The van der Waals surface area contributed by atoms with Gasteiger partial charge in [-0.15, -0.1) is 0 Å². The van der Waals surface area contributed by atoms with Crippen molar-refractivity contribution in [3.8, 4) is 0 Å². The second-order valence-corrected chi connectivity index (χ2v) is 7.22. The smallest absolute Gasteiger partial charge is 0.338 e. The lowest BCUT2D eigenvalue weighted by atomic mass is 9.94. The van der Waals surface area contributed by atoms with Gasteiger partial charge in [-0.1, -0.05) is 41.0 Å². The van der Waals surface area contributed by atoms with E-state index in [0.717, 1.165) is 0 Å². The van der Waals surface area contributed by atoms with E-state index in [1.165, 1.54) is 23.8 Å². The molecule has 0 spiro atoms. The van der Waals surface area contributed by atoms with E-state index >= 15 is 0 Å². The summed E-state index contributed by atoms with van der Waals surface area (Å²) >= 11 is 13.8. The summed E-state index contributed by atoms with van der Waals surface area (Å²) in [6, 6.07) is 4.33. The predicted molar refractivity (Wildman–Crippen MR) is 95.3 cm³/mol. The van der Waals surface area contributed by atoms with Crippen LogP contribution in [0.1, 0.15) is 24.9 Å². The van der Waals surface area contributed by atoms with Crippen molar-refractivity contribution in [2.75, 3.05) is 12.9 Å². The molecule has 1 fully saturated rings. The molecule has 1 atom stereocenters. The molecule has 8 heteroatoms. The Bertz CT molecular complexity index is 792. The van der Waals surface area contributed by atoms with Gasteiger partial charge in [0, 0.05) is 22.2 Å². The Labute approximate surface area is 153 Å². The summed E-state index contributed by atoms with van der Waals surface area (Å²) < 4.78 is 4.91. The van der Waals surface area contributed by atoms with Crippen molar-refractivity contribution in [1.82, 2.24) is 4.90 Å². The molecule has 0 aromatic heterocycles. The molecule has 0 saturated carbocycles. The van der Waals surface area contributed by atoms with Crippen LogP contribution in [0.5, 0.6) is 0 Å². The number of fused-ring (bicyclic) bond motifs is 1. The highest BCUT2D eigenvalue weighted by Gasteiger charge is 2.42. The number of esters is 1. The third-order valence-electron chi connectivity index (χ3n) is 3.87. The van der Waals surface area contributed by atoms with Crippen molar-refractivity contribution in [2.45, 2.75) is 19.4 Å². The van der Waals surface area contributed by atoms with Crippen LogP contribution in [0.4, 0.5) is 0 Å². The van der Waals surface area contributed by atoms with Gasteiger partial charge >= 0.3 is 5.97 Å². The zero-order valence-electron chi connectivity index (χ0n) is 13.0. The molecule has 2 aliphatic heterocycles. The predicted octanol–water partition coefficient (Wildman–Crippen LogP) is 3.82. The summed E-state index contributed by atoms with van der Waals surface area (Å²) in [7, 11) is 1.30. The fourth-order valence-electron chi connectivity index (χ4n) is 2.78. The highest BCUT2D eigenvalue weighted by atomic mass is 35.5. The first-order valence-corrected chi connectivity index (χ1v) is 8.95. The summed E-state index contributed by atoms with van der Waals surface area (Å²) in [5.74, 6) is 0.0305. The average molecular weight is 385 g/mol. The van der Waals surface area contributed by atoms with E-state index in [4.69, 9.17) is 27.9 Å². The topological polar surface area (TPSA) is 59.0 Å². The van der Waals surface area contributed by atoms with Crippen LogP contribution < -0.4 is 0 Å². The molecule has 2 aliphatic rings. The summed E-state index contributed by atoms with van der Waals surface area (Å²) in [4.78, 5) is 30.9. The minimum Gasteiger partial charge on any atom is -0.466 e. The van der Waals surface area contributed by atoms with Crippen molar-refractivity contribution in [3.05, 3.63) is 45.1 Å². The monoisotopic (exact) mass is 384 g/mol. The Morgan fingerprint density at radius 2 is 2.17 bits per heavy atom. The number of halogens is 2. The molecule has 0 aliphatic carbocycles. The quantitative estimate of drug-likeness (QED) is 0.727. The first kappa shape index (κ1) is 17.3. The number of hydrogen-bond acceptors (Lipinski definition) is 5. The van der Waals surface area contributed by atoms with Crippen LogP contribution in [0.25, 0.3) is 0 Å². The van der Waals surface area contributed by atoms with Gasteiger partial charge in [0.1, 0.15) is 0 Å². The number of amides is 1. The van der Waals surface area contributed by atoms with E-state index in [9.17, 15) is 9.59 Å². The van der Waals surface area contributed by atoms with E-state index in [-0.39, 0.29) is 5.91 Å². The van der Waals surface area contributed by atoms with Crippen molar-refractivity contribution in [3.63, 3.8) is 0 Å². The number of allylic oxidation sites excluding steroid dienone is 1. The minimum absolute atomic E-state index is 0.0996. The summed E-state index contributed by atoms with van der Waals surface area (Å²) in [6.45, 7) is 1.73. The normalized spacial score (nSPS) is 20.7. The van der Waals surface area contributed by atoms with Gasteiger partial charge in [-0.3, -0.25) is 9.69 Å². The van der Waals surface area contributed by atoms with Crippen molar-refractivity contribution in [2.24, 2.45) is 4.99 Å². The average Bonchev–Trinajstić information content (AvgIpc) is 2.53. The fraction of sp³-hybridized carbons (Fsp3) is 0.312. The zero-order valence-corrected chi connectivity index (χ0v) is 15.3. The maximum Gasteiger partial charge on any atom is 0.338 e. The van der Waals surface area contributed by atoms with Crippen LogP contribution in [0.3, 0.4) is 0 Å². The summed E-state index contributed by atoms with van der Waals surface area (Å²) in [5, 5.41) is 1.44. The van der Waals surface area contributed by atoms with Crippen LogP contribution in [-0.2, 0) is 14.3 Å². The van der Waals surface area contributed by atoms with E-state index in [1.807, 2.05) is 0 Å². The number of rotatable bonds is 2. The lowest BCUT2D eigenvalue weighted by Gasteiger charge is -2.39. The highest BCUT2D eigenvalue weighted by molar-refractivity contribution is 8.14. The Kier molecular flexibility index (Phi) is 4.90.